The van der Waals surface area contributed by atoms with Gasteiger partial charge in [0.05, 0.1) is 21.9 Å². The maximum absolute atomic E-state index is 7.27. The van der Waals surface area contributed by atoms with E-state index in [9.17, 15) is 0 Å². The summed E-state index contributed by atoms with van der Waals surface area (Å²) in [5, 5.41) is 15.2. The van der Waals surface area contributed by atoms with Crippen LogP contribution in [0.4, 0.5) is 0 Å². The fourth-order valence-corrected chi connectivity index (χ4v) is 9.13. The number of hydrogen-bond acceptors (Lipinski definition) is 3. The second kappa shape index (κ2) is 10.5. The molecule has 10 aromatic rings. The van der Waals surface area contributed by atoms with Crippen molar-refractivity contribution in [1.82, 2.24) is 14.5 Å². The van der Waals surface area contributed by atoms with Gasteiger partial charge < -0.3 is 4.42 Å². The largest absolute Gasteiger partial charge is 0.453 e. The molecule has 0 aliphatic heterocycles. The number of rotatable bonds is 1. The Balaban J connectivity index is 1.32. The molecule has 0 unspecified atom stereocenters. The third-order valence-corrected chi connectivity index (χ3v) is 11.3. The molecule has 1 aliphatic carbocycles. The van der Waals surface area contributed by atoms with Gasteiger partial charge in [-0.25, -0.2) is 9.97 Å². The van der Waals surface area contributed by atoms with E-state index < -0.39 is 0 Å². The van der Waals surface area contributed by atoms with Gasteiger partial charge in [-0.05, 0) is 93.7 Å². The van der Waals surface area contributed by atoms with Crippen molar-refractivity contribution in [2.45, 2.75) is 26.7 Å². The normalized spacial score (nSPS) is 14.2. The van der Waals surface area contributed by atoms with Gasteiger partial charge in [-0.1, -0.05) is 115 Å². The number of aromatic nitrogens is 3. The fourth-order valence-electron chi connectivity index (χ4n) is 8.91. The molecule has 0 fully saturated rings. The van der Waals surface area contributed by atoms with Crippen molar-refractivity contribution in [3.8, 4) is 5.82 Å². The van der Waals surface area contributed by atoms with Crippen LogP contribution in [0, 0.1) is 0 Å². The molecule has 5 heteroatoms. The highest BCUT2D eigenvalue weighted by Gasteiger charge is 2.25. The maximum atomic E-state index is 7.27. The van der Waals surface area contributed by atoms with Crippen LogP contribution in [0.15, 0.2) is 108 Å². The lowest BCUT2D eigenvalue weighted by Crippen LogP contribution is -2.28. The molecule has 7 aromatic carbocycles. The first-order valence-corrected chi connectivity index (χ1v) is 18.0. The first-order chi connectivity index (χ1) is 25.1. The van der Waals surface area contributed by atoms with Gasteiger partial charge in [-0.3, -0.25) is 4.57 Å². The van der Waals surface area contributed by atoms with Gasteiger partial charge in [0, 0.05) is 26.8 Å². The summed E-state index contributed by atoms with van der Waals surface area (Å²) in [5.74, 6) is 0.582. The minimum absolute atomic E-state index is 0.345. The van der Waals surface area contributed by atoms with Gasteiger partial charge in [-0.2, -0.15) is 0 Å². The highest BCUT2D eigenvalue weighted by molar-refractivity contribution is 6.33. The fraction of sp³-hybridized carbons (Fsp3) is 0.0870. The smallest absolute Gasteiger partial charge is 0.176 e. The summed E-state index contributed by atoms with van der Waals surface area (Å²) in [5.41, 5.74) is 6.87. The molecular formula is C46H30ClN3O. The van der Waals surface area contributed by atoms with E-state index in [1.165, 1.54) is 32.7 Å². The number of halogens is 1. The molecule has 51 heavy (non-hydrogen) atoms. The summed E-state index contributed by atoms with van der Waals surface area (Å²) in [6, 6.07) is 34.6. The Morgan fingerprint density at radius 2 is 1.37 bits per heavy atom. The minimum Gasteiger partial charge on any atom is -0.453 e. The van der Waals surface area contributed by atoms with Crippen LogP contribution in [0.5, 0.6) is 0 Å². The maximum Gasteiger partial charge on any atom is 0.176 e. The molecule has 0 atom stereocenters. The first-order valence-electron chi connectivity index (χ1n) is 17.6. The number of allylic oxidation sites excluding steroid dienone is 1. The Labute approximate surface area is 297 Å². The SMILES string of the molecule is C/C=c1\c(=C/C)n(-c2nc3cc4c(cc3nc2Cl)c2c(c3ccccc34)CCC=C2)c2c3oc4c5ccccc5ccc4c3c3ccccc3c12. The molecule has 3 aromatic heterocycles. The molecule has 0 radical (unpaired) electrons. The van der Waals surface area contributed by atoms with Crippen molar-refractivity contribution >= 4 is 117 Å². The Bertz CT molecular complexity index is 3350. The van der Waals surface area contributed by atoms with Gasteiger partial charge >= 0.3 is 0 Å². The summed E-state index contributed by atoms with van der Waals surface area (Å²) in [7, 11) is 0. The quantitative estimate of drug-likeness (QED) is 0.128. The van der Waals surface area contributed by atoms with Crippen molar-refractivity contribution < 1.29 is 4.42 Å². The molecule has 1 aliphatic rings. The number of furan rings is 1. The van der Waals surface area contributed by atoms with E-state index in [2.05, 4.69) is 140 Å². The van der Waals surface area contributed by atoms with E-state index in [0.29, 0.717) is 11.0 Å². The monoisotopic (exact) mass is 675 g/mol. The standard InChI is InChI=1S/C46H30ClN3O/c1-3-26-39(4-2)50(42-40(26)32-19-11-12-20-33(32)41-34-22-21-25-13-5-6-14-27(25)43(34)51-44(41)42)46-45(47)48-37-23-35-30-17-9-7-15-28(30)29-16-8-10-18-31(29)36(35)24-38(37)49-46/h3-6,8-14,16-24H,7,15H2,1-2H3/b26-3+,39-4+. The molecule has 0 saturated heterocycles. The topological polar surface area (TPSA) is 43.9 Å². The highest BCUT2D eigenvalue weighted by Crippen LogP contribution is 2.43. The van der Waals surface area contributed by atoms with E-state index in [1.54, 1.807) is 0 Å². The van der Waals surface area contributed by atoms with Crippen molar-refractivity contribution in [3.63, 3.8) is 0 Å². The van der Waals surface area contributed by atoms with E-state index in [4.69, 9.17) is 26.0 Å². The van der Waals surface area contributed by atoms with Crippen molar-refractivity contribution in [2.24, 2.45) is 0 Å². The van der Waals surface area contributed by atoms with Gasteiger partial charge in [-0.15, -0.1) is 0 Å². The Hall–Kier alpha value is -5.97. The van der Waals surface area contributed by atoms with Crippen LogP contribution in [-0.4, -0.2) is 14.5 Å². The highest BCUT2D eigenvalue weighted by atomic mass is 35.5. The van der Waals surface area contributed by atoms with Crippen molar-refractivity contribution in [3.05, 3.63) is 130 Å². The lowest BCUT2D eigenvalue weighted by Gasteiger charge is -2.18. The summed E-state index contributed by atoms with van der Waals surface area (Å²) >= 11 is 7.27. The lowest BCUT2D eigenvalue weighted by atomic mass is 9.86. The van der Waals surface area contributed by atoms with Gasteiger partial charge in [0.15, 0.2) is 16.6 Å². The molecule has 0 bridgehead atoms. The number of benzene rings is 7. The van der Waals surface area contributed by atoms with Crippen LogP contribution in [0.3, 0.4) is 0 Å². The molecule has 11 rings (SSSR count). The van der Waals surface area contributed by atoms with Crippen LogP contribution in [0.25, 0.3) is 111 Å². The Morgan fingerprint density at radius 1 is 0.667 bits per heavy atom. The molecule has 242 valence electrons. The third-order valence-electron chi connectivity index (χ3n) is 11.0. The van der Waals surface area contributed by atoms with Crippen molar-refractivity contribution in [2.75, 3.05) is 0 Å². The summed E-state index contributed by atoms with van der Waals surface area (Å²) in [6.45, 7) is 4.17. The second-order valence-corrected chi connectivity index (χ2v) is 13.9. The van der Waals surface area contributed by atoms with Crippen LogP contribution < -0.4 is 10.6 Å². The molecule has 0 amide bonds. The summed E-state index contributed by atoms with van der Waals surface area (Å²) < 4.78 is 9.22. The average molecular weight is 676 g/mol. The predicted octanol–water partition coefficient (Wildman–Crippen LogP) is 11.3. The minimum atomic E-state index is 0.345. The zero-order valence-electron chi connectivity index (χ0n) is 28.1. The zero-order valence-corrected chi connectivity index (χ0v) is 28.8. The molecule has 0 saturated carbocycles. The predicted molar refractivity (Wildman–Crippen MR) is 216 cm³/mol. The molecular weight excluding hydrogens is 646 g/mol. The number of fused-ring (bicyclic) bond motifs is 17. The van der Waals surface area contributed by atoms with E-state index in [0.717, 1.165) is 88.8 Å². The number of aryl methyl sites for hydroxylation is 1. The molecule has 3 heterocycles. The third kappa shape index (κ3) is 3.80. The van der Waals surface area contributed by atoms with Crippen LogP contribution >= 0.6 is 11.6 Å². The van der Waals surface area contributed by atoms with Crippen LogP contribution in [-0.2, 0) is 6.42 Å². The van der Waals surface area contributed by atoms with Crippen LogP contribution in [0.1, 0.15) is 31.4 Å². The molecule has 0 N–H and O–H groups in total. The molecule has 4 nitrogen and oxygen atoms in total. The van der Waals surface area contributed by atoms with Crippen molar-refractivity contribution in [1.29, 1.82) is 0 Å². The Morgan fingerprint density at radius 3 is 2.18 bits per heavy atom. The van der Waals surface area contributed by atoms with Gasteiger partial charge in [0.25, 0.3) is 0 Å². The molecule has 0 spiro atoms. The van der Waals surface area contributed by atoms with E-state index in [-0.39, 0.29) is 0 Å². The van der Waals surface area contributed by atoms with E-state index in [1.807, 2.05) is 0 Å². The van der Waals surface area contributed by atoms with Gasteiger partial charge in [0.2, 0.25) is 0 Å². The summed E-state index contributed by atoms with van der Waals surface area (Å²) in [4.78, 5) is 10.5. The number of nitrogens with zero attached hydrogens (tertiary/aromatic N) is 3. The summed E-state index contributed by atoms with van der Waals surface area (Å²) in [6.07, 6.45) is 10.9. The average Bonchev–Trinajstić information content (AvgIpc) is 3.74. The van der Waals surface area contributed by atoms with Crippen LogP contribution in [0.2, 0.25) is 5.15 Å². The second-order valence-electron chi connectivity index (χ2n) is 13.6. The van der Waals surface area contributed by atoms with Gasteiger partial charge in [0.1, 0.15) is 5.58 Å². The zero-order chi connectivity index (χ0) is 34.0. The van der Waals surface area contributed by atoms with E-state index >= 15 is 0 Å². The first kappa shape index (κ1) is 28.8. The lowest BCUT2D eigenvalue weighted by molar-refractivity contribution is 0.674. The number of hydrogen-bond donors (Lipinski definition) is 0. The Kier molecular flexibility index (Phi) is 5.95.